The van der Waals surface area contributed by atoms with Crippen LogP contribution in [0.2, 0.25) is 0 Å². The number of carbonyl (C=O) groups excluding carboxylic acids is 1. The number of hydrogen-bond acceptors (Lipinski definition) is 4. The SMILES string of the molecule is CC(C)Oc1ccc(CCNC(=O)C2CSCN2)cc1. The van der Waals surface area contributed by atoms with Gasteiger partial charge in [-0.2, -0.15) is 0 Å². The molecule has 0 spiro atoms. The second-order valence-electron chi connectivity index (χ2n) is 5.12. The summed E-state index contributed by atoms with van der Waals surface area (Å²) in [6.07, 6.45) is 1.03. The predicted molar refractivity (Wildman–Crippen MR) is 83.2 cm³/mol. The Morgan fingerprint density at radius 1 is 1.45 bits per heavy atom. The molecule has 1 fully saturated rings. The van der Waals surface area contributed by atoms with E-state index < -0.39 is 0 Å². The van der Waals surface area contributed by atoms with Crippen molar-refractivity contribution in [2.75, 3.05) is 18.2 Å². The van der Waals surface area contributed by atoms with Crippen molar-refractivity contribution in [3.05, 3.63) is 29.8 Å². The van der Waals surface area contributed by atoms with Crippen molar-refractivity contribution in [3.8, 4) is 5.75 Å². The minimum atomic E-state index is -0.0261. The molecule has 1 saturated heterocycles. The molecule has 1 aliphatic rings. The van der Waals surface area contributed by atoms with Crippen LogP contribution in [0.4, 0.5) is 0 Å². The Hall–Kier alpha value is -1.20. The van der Waals surface area contributed by atoms with Gasteiger partial charge in [-0.25, -0.2) is 0 Å². The van der Waals surface area contributed by atoms with Gasteiger partial charge < -0.3 is 10.1 Å². The molecule has 0 bridgehead atoms. The Morgan fingerprint density at radius 3 is 2.80 bits per heavy atom. The van der Waals surface area contributed by atoms with Crippen molar-refractivity contribution >= 4 is 17.7 Å². The Balaban J connectivity index is 1.72. The number of hydrogen-bond donors (Lipinski definition) is 2. The summed E-state index contributed by atoms with van der Waals surface area (Å²) in [6, 6.07) is 8.03. The minimum Gasteiger partial charge on any atom is -0.491 e. The zero-order chi connectivity index (χ0) is 14.4. The first-order valence-electron chi connectivity index (χ1n) is 6.99. The second-order valence-corrected chi connectivity index (χ2v) is 6.15. The molecule has 5 heteroatoms. The number of amides is 1. The molecule has 1 aromatic carbocycles. The van der Waals surface area contributed by atoms with E-state index in [1.165, 1.54) is 5.56 Å². The zero-order valence-corrected chi connectivity index (χ0v) is 12.8. The zero-order valence-electron chi connectivity index (χ0n) is 12.0. The van der Waals surface area contributed by atoms with Crippen LogP contribution in [-0.2, 0) is 11.2 Å². The molecule has 1 aromatic rings. The molecular weight excluding hydrogens is 272 g/mol. The lowest BCUT2D eigenvalue weighted by Crippen LogP contribution is -2.42. The molecule has 4 nitrogen and oxygen atoms in total. The van der Waals surface area contributed by atoms with E-state index >= 15 is 0 Å². The van der Waals surface area contributed by atoms with Crippen molar-refractivity contribution in [3.63, 3.8) is 0 Å². The van der Waals surface area contributed by atoms with Crippen LogP contribution in [0.1, 0.15) is 19.4 Å². The van der Waals surface area contributed by atoms with Crippen molar-refractivity contribution < 1.29 is 9.53 Å². The highest BCUT2D eigenvalue weighted by Crippen LogP contribution is 2.14. The molecule has 20 heavy (non-hydrogen) atoms. The molecular formula is C15H22N2O2S. The molecule has 2 rings (SSSR count). The van der Waals surface area contributed by atoms with Gasteiger partial charge in [-0.05, 0) is 38.0 Å². The third-order valence-electron chi connectivity index (χ3n) is 3.04. The number of carbonyl (C=O) groups is 1. The van der Waals surface area contributed by atoms with Crippen LogP contribution in [0.5, 0.6) is 5.75 Å². The molecule has 1 heterocycles. The molecule has 2 N–H and O–H groups in total. The average Bonchev–Trinajstić information content (AvgIpc) is 2.94. The number of nitrogens with one attached hydrogen (secondary N) is 2. The van der Waals surface area contributed by atoms with Gasteiger partial charge in [-0.3, -0.25) is 10.1 Å². The quantitative estimate of drug-likeness (QED) is 0.840. The molecule has 1 atom stereocenters. The van der Waals surface area contributed by atoms with Gasteiger partial charge in [-0.15, -0.1) is 11.8 Å². The van der Waals surface area contributed by atoms with E-state index in [1.54, 1.807) is 11.8 Å². The van der Waals surface area contributed by atoms with Gasteiger partial charge in [0.15, 0.2) is 0 Å². The topological polar surface area (TPSA) is 50.4 Å². The summed E-state index contributed by atoms with van der Waals surface area (Å²) < 4.78 is 5.60. The van der Waals surface area contributed by atoms with E-state index in [0.29, 0.717) is 6.54 Å². The van der Waals surface area contributed by atoms with Crippen molar-refractivity contribution in [2.24, 2.45) is 0 Å². The Morgan fingerprint density at radius 2 is 2.20 bits per heavy atom. The molecule has 1 aliphatic heterocycles. The number of benzene rings is 1. The minimum absolute atomic E-state index is 0.0261. The van der Waals surface area contributed by atoms with E-state index in [9.17, 15) is 4.79 Å². The fourth-order valence-corrected chi connectivity index (χ4v) is 2.97. The van der Waals surface area contributed by atoms with Gasteiger partial charge in [-0.1, -0.05) is 12.1 Å². The first-order chi connectivity index (χ1) is 9.65. The second kappa shape index (κ2) is 7.55. The third kappa shape index (κ3) is 4.72. The fourth-order valence-electron chi connectivity index (χ4n) is 2.02. The summed E-state index contributed by atoms with van der Waals surface area (Å²) in [5, 5.41) is 6.14. The highest BCUT2D eigenvalue weighted by atomic mass is 32.2. The Bertz CT molecular complexity index is 428. The maximum atomic E-state index is 11.8. The standard InChI is InChI=1S/C15H22N2O2S/c1-11(2)19-13-5-3-12(4-6-13)7-8-16-15(18)14-9-20-10-17-14/h3-6,11,14,17H,7-10H2,1-2H3,(H,16,18). The van der Waals surface area contributed by atoms with E-state index in [-0.39, 0.29) is 18.1 Å². The summed E-state index contributed by atoms with van der Waals surface area (Å²) in [6.45, 7) is 4.70. The van der Waals surface area contributed by atoms with Crippen molar-refractivity contribution in [1.29, 1.82) is 0 Å². The van der Waals surface area contributed by atoms with Gasteiger partial charge in [0.25, 0.3) is 0 Å². The predicted octanol–water partition coefficient (Wildman–Crippen LogP) is 1.79. The Labute approximate surface area is 124 Å². The number of ether oxygens (including phenoxy) is 1. The van der Waals surface area contributed by atoms with Crippen LogP contribution in [0.25, 0.3) is 0 Å². The van der Waals surface area contributed by atoms with Crippen LogP contribution >= 0.6 is 11.8 Å². The summed E-state index contributed by atoms with van der Waals surface area (Å²) in [7, 11) is 0. The van der Waals surface area contributed by atoms with Crippen LogP contribution in [0, 0.1) is 0 Å². The molecule has 1 amide bonds. The lowest BCUT2D eigenvalue weighted by atomic mass is 10.1. The molecule has 110 valence electrons. The maximum absolute atomic E-state index is 11.8. The van der Waals surface area contributed by atoms with Crippen molar-refractivity contribution in [1.82, 2.24) is 10.6 Å². The normalized spacial score (nSPS) is 18.2. The fraction of sp³-hybridized carbons (Fsp3) is 0.533. The molecule has 0 aromatic heterocycles. The van der Waals surface area contributed by atoms with Crippen LogP contribution in [0.3, 0.4) is 0 Å². The van der Waals surface area contributed by atoms with Crippen LogP contribution < -0.4 is 15.4 Å². The van der Waals surface area contributed by atoms with Crippen LogP contribution in [-0.4, -0.2) is 36.2 Å². The highest BCUT2D eigenvalue weighted by molar-refractivity contribution is 7.99. The van der Waals surface area contributed by atoms with Gasteiger partial charge in [0.2, 0.25) is 5.91 Å². The van der Waals surface area contributed by atoms with E-state index in [1.807, 2.05) is 38.1 Å². The lowest BCUT2D eigenvalue weighted by Gasteiger charge is -2.11. The molecule has 0 aliphatic carbocycles. The van der Waals surface area contributed by atoms with Gasteiger partial charge in [0.05, 0.1) is 12.1 Å². The maximum Gasteiger partial charge on any atom is 0.238 e. The van der Waals surface area contributed by atoms with Crippen LogP contribution in [0.15, 0.2) is 24.3 Å². The largest absolute Gasteiger partial charge is 0.491 e. The van der Waals surface area contributed by atoms with Gasteiger partial charge in [0.1, 0.15) is 5.75 Å². The summed E-state index contributed by atoms with van der Waals surface area (Å²) in [5.41, 5.74) is 1.20. The monoisotopic (exact) mass is 294 g/mol. The summed E-state index contributed by atoms with van der Waals surface area (Å²) in [5.74, 6) is 2.73. The van der Waals surface area contributed by atoms with E-state index in [4.69, 9.17) is 4.74 Å². The highest BCUT2D eigenvalue weighted by Gasteiger charge is 2.21. The van der Waals surface area contributed by atoms with E-state index in [2.05, 4.69) is 10.6 Å². The summed E-state index contributed by atoms with van der Waals surface area (Å²) >= 11 is 1.76. The molecule has 1 unspecified atom stereocenters. The number of thioether (sulfide) groups is 1. The molecule has 0 saturated carbocycles. The van der Waals surface area contributed by atoms with E-state index in [0.717, 1.165) is 23.8 Å². The Kier molecular flexibility index (Phi) is 5.73. The van der Waals surface area contributed by atoms with Gasteiger partial charge >= 0.3 is 0 Å². The first-order valence-corrected chi connectivity index (χ1v) is 8.15. The summed E-state index contributed by atoms with van der Waals surface area (Å²) in [4.78, 5) is 11.8. The number of rotatable bonds is 6. The average molecular weight is 294 g/mol. The third-order valence-corrected chi connectivity index (χ3v) is 3.98. The van der Waals surface area contributed by atoms with Gasteiger partial charge in [0, 0.05) is 18.2 Å². The molecule has 0 radical (unpaired) electrons. The first kappa shape index (κ1) is 15.2. The lowest BCUT2D eigenvalue weighted by molar-refractivity contribution is -0.122. The van der Waals surface area contributed by atoms with Crippen molar-refractivity contribution in [2.45, 2.75) is 32.4 Å². The smallest absolute Gasteiger partial charge is 0.238 e.